The molecule has 3 rings (SSSR count). The molecule has 0 spiro atoms. The van der Waals surface area contributed by atoms with E-state index in [2.05, 4.69) is 21.2 Å². The maximum Gasteiger partial charge on any atom is 0.291 e. The number of benzene rings is 1. The lowest BCUT2D eigenvalue weighted by molar-refractivity contribution is 0.0995. The van der Waals surface area contributed by atoms with Crippen LogP contribution in [0, 0.1) is 0 Å². The number of rotatable bonds is 3. The van der Waals surface area contributed by atoms with Gasteiger partial charge < -0.3 is 9.73 Å². The van der Waals surface area contributed by atoms with Crippen molar-refractivity contribution in [3.05, 3.63) is 51.9 Å². The van der Waals surface area contributed by atoms with Gasteiger partial charge in [0.1, 0.15) is 0 Å². The van der Waals surface area contributed by atoms with Gasteiger partial charge in [0.15, 0.2) is 10.4 Å². The number of halogens is 1. The van der Waals surface area contributed by atoms with Crippen molar-refractivity contribution in [2.45, 2.75) is 13.0 Å². The van der Waals surface area contributed by atoms with Gasteiger partial charge in [-0.05, 0) is 57.7 Å². The normalized spacial score (nSPS) is 15.2. The Kier molecular flexibility index (Phi) is 4.31. The van der Waals surface area contributed by atoms with Crippen LogP contribution in [0.1, 0.15) is 21.7 Å². The average molecular weight is 399 g/mol. The highest BCUT2D eigenvalue weighted by Crippen LogP contribution is 2.24. The quantitative estimate of drug-likeness (QED) is 0.861. The minimum Gasteiger partial charge on any atom is -0.444 e. The predicted octanol–water partition coefficient (Wildman–Crippen LogP) is 2.61. The number of hydrogen-bond acceptors (Lipinski definition) is 4. The second-order valence-electron chi connectivity index (χ2n) is 5.39. The molecule has 1 N–H and O–H groups in total. The van der Waals surface area contributed by atoms with Crippen LogP contribution in [0.2, 0.25) is 0 Å². The number of hydrogen-bond donors (Lipinski definition) is 1. The van der Waals surface area contributed by atoms with Crippen LogP contribution in [0.25, 0.3) is 0 Å². The summed E-state index contributed by atoms with van der Waals surface area (Å²) in [7, 11) is -3.22. The Morgan fingerprint density at radius 1 is 1.26 bits per heavy atom. The van der Waals surface area contributed by atoms with E-state index >= 15 is 0 Å². The van der Waals surface area contributed by atoms with E-state index < -0.39 is 10.0 Å². The summed E-state index contributed by atoms with van der Waals surface area (Å²) < 4.78 is 30.5. The highest BCUT2D eigenvalue weighted by Gasteiger charge is 2.23. The summed E-state index contributed by atoms with van der Waals surface area (Å²) in [6.07, 6.45) is 1.88. The van der Waals surface area contributed by atoms with E-state index in [1.54, 1.807) is 12.1 Å². The SMILES string of the molecule is CS(=O)(=O)N1CCc2ccc(NC(=O)c3ccc(Br)o3)cc2C1. The number of furan rings is 1. The molecule has 0 saturated heterocycles. The van der Waals surface area contributed by atoms with Gasteiger partial charge >= 0.3 is 0 Å². The van der Waals surface area contributed by atoms with E-state index in [1.165, 1.54) is 10.6 Å². The molecule has 1 aromatic carbocycles. The summed E-state index contributed by atoms with van der Waals surface area (Å²) in [6, 6.07) is 8.75. The molecule has 1 aliphatic heterocycles. The number of nitrogens with one attached hydrogen (secondary N) is 1. The molecular weight excluding hydrogens is 384 g/mol. The van der Waals surface area contributed by atoms with Crippen molar-refractivity contribution in [1.82, 2.24) is 4.31 Å². The van der Waals surface area contributed by atoms with Gasteiger partial charge in [0.05, 0.1) is 6.26 Å². The van der Waals surface area contributed by atoms with Gasteiger partial charge in [0.2, 0.25) is 10.0 Å². The summed E-state index contributed by atoms with van der Waals surface area (Å²) in [4.78, 5) is 12.1. The fourth-order valence-electron chi connectivity index (χ4n) is 2.52. The molecule has 1 aromatic heterocycles. The monoisotopic (exact) mass is 398 g/mol. The Hall–Kier alpha value is -1.64. The molecule has 1 amide bonds. The van der Waals surface area contributed by atoms with Gasteiger partial charge in [-0.25, -0.2) is 8.42 Å². The molecule has 8 heteroatoms. The molecule has 0 radical (unpaired) electrons. The van der Waals surface area contributed by atoms with Crippen molar-refractivity contribution in [3.63, 3.8) is 0 Å². The lowest BCUT2D eigenvalue weighted by Gasteiger charge is -2.27. The second kappa shape index (κ2) is 6.10. The Bertz CT molecular complexity index is 860. The molecule has 1 aliphatic rings. The van der Waals surface area contributed by atoms with Crippen molar-refractivity contribution in [3.8, 4) is 0 Å². The average Bonchev–Trinajstić information content (AvgIpc) is 2.92. The van der Waals surface area contributed by atoms with Gasteiger partial charge in [0.25, 0.3) is 5.91 Å². The van der Waals surface area contributed by atoms with Gasteiger partial charge in [0, 0.05) is 18.8 Å². The molecule has 6 nitrogen and oxygen atoms in total. The summed E-state index contributed by atoms with van der Waals surface area (Å²) in [6.45, 7) is 0.808. The number of nitrogens with zero attached hydrogens (tertiary/aromatic N) is 1. The first-order valence-corrected chi connectivity index (χ1v) is 9.61. The third-order valence-electron chi connectivity index (χ3n) is 3.71. The van der Waals surface area contributed by atoms with Gasteiger partial charge in [-0.3, -0.25) is 4.79 Å². The van der Waals surface area contributed by atoms with Crippen LogP contribution in [0.4, 0.5) is 5.69 Å². The first-order chi connectivity index (χ1) is 10.8. The van der Waals surface area contributed by atoms with Gasteiger partial charge in [-0.2, -0.15) is 4.31 Å². The van der Waals surface area contributed by atoms with E-state index in [0.29, 0.717) is 29.9 Å². The first-order valence-electron chi connectivity index (χ1n) is 6.96. The van der Waals surface area contributed by atoms with E-state index in [1.807, 2.05) is 18.2 Å². The van der Waals surface area contributed by atoms with Crippen LogP contribution >= 0.6 is 15.9 Å². The van der Waals surface area contributed by atoms with Crippen LogP contribution < -0.4 is 5.32 Å². The van der Waals surface area contributed by atoms with E-state index in [-0.39, 0.29) is 11.7 Å². The van der Waals surface area contributed by atoms with E-state index in [9.17, 15) is 13.2 Å². The highest BCUT2D eigenvalue weighted by atomic mass is 79.9. The predicted molar refractivity (Wildman–Crippen MR) is 89.8 cm³/mol. The van der Waals surface area contributed by atoms with Crippen molar-refractivity contribution < 1.29 is 17.6 Å². The van der Waals surface area contributed by atoms with Crippen LogP contribution in [0.3, 0.4) is 0 Å². The summed E-state index contributed by atoms with van der Waals surface area (Å²) in [5.41, 5.74) is 2.61. The zero-order valence-corrected chi connectivity index (χ0v) is 14.8. The highest BCUT2D eigenvalue weighted by molar-refractivity contribution is 9.10. The fraction of sp³-hybridized carbons (Fsp3) is 0.267. The minimum absolute atomic E-state index is 0.201. The van der Waals surface area contributed by atoms with Gasteiger partial charge in [-0.15, -0.1) is 0 Å². The lowest BCUT2D eigenvalue weighted by Crippen LogP contribution is -2.35. The molecule has 122 valence electrons. The Morgan fingerprint density at radius 3 is 2.70 bits per heavy atom. The second-order valence-corrected chi connectivity index (χ2v) is 8.15. The molecule has 0 unspecified atom stereocenters. The summed E-state index contributed by atoms with van der Waals surface area (Å²) >= 11 is 3.15. The number of anilines is 1. The summed E-state index contributed by atoms with van der Waals surface area (Å²) in [5.74, 6) is -0.154. The van der Waals surface area contributed by atoms with E-state index in [4.69, 9.17) is 4.42 Å². The van der Waals surface area contributed by atoms with Crippen molar-refractivity contribution in [1.29, 1.82) is 0 Å². The number of amides is 1. The molecule has 23 heavy (non-hydrogen) atoms. The third-order valence-corrected chi connectivity index (χ3v) is 5.38. The van der Waals surface area contributed by atoms with Crippen LogP contribution in [-0.4, -0.2) is 31.4 Å². The molecular formula is C15H15BrN2O4S. The molecule has 0 fully saturated rings. The largest absolute Gasteiger partial charge is 0.444 e. The van der Waals surface area contributed by atoms with Crippen molar-refractivity contribution >= 4 is 37.5 Å². The van der Waals surface area contributed by atoms with Gasteiger partial charge in [-0.1, -0.05) is 6.07 Å². The molecule has 0 atom stereocenters. The standard InChI is InChI=1S/C15H15BrN2O4S/c1-23(20,21)18-7-6-10-2-3-12(8-11(10)9-18)17-15(19)13-4-5-14(16)22-13/h2-5,8H,6-7,9H2,1H3,(H,17,19). The van der Waals surface area contributed by atoms with Crippen molar-refractivity contribution in [2.75, 3.05) is 18.1 Å². The van der Waals surface area contributed by atoms with Crippen molar-refractivity contribution in [2.24, 2.45) is 0 Å². The number of fused-ring (bicyclic) bond motifs is 1. The Morgan fingerprint density at radius 2 is 2.04 bits per heavy atom. The van der Waals surface area contributed by atoms with Crippen LogP contribution in [-0.2, 0) is 23.0 Å². The molecule has 0 aliphatic carbocycles. The summed E-state index contributed by atoms with van der Waals surface area (Å²) in [5, 5.41) is 2.75. The smallest absolute Gasteiger partial charge is 0.291 e. The number of sulfonamides is 1. The Balaban J connectivity index is 1.79. The maximum atomic E-state index is 12.1. The first kappa shape index (κ1) is 16.2. The van der Waals surface area contributed by atoms with Crippen LogP contribution in [0.5, 0.6) is 0 Å². The topological polar surface area (TPSA) is 79.6 Å². The fourth-order valence-corrected chi connectivity index (χ4v) is 3.62. The molecule has 0 bridgehead atoms. The Labute approximate surface area is 142 Å². The lowest BCUT2D eigenvalue weighted by atomic mass is 10.0. The van der Waals surface area contributed by atoms with E-state index in [0.717, 1.165) is 11.1 Å². The maximum absolute atomic E-state index is 12.1. The third kappa shape index (κ3) is 3.65. The molecule has 2 aromatic rings. The molecule has 2 heterocycles. The minimum atomic E-state index is -3.22. The number of carbonyl (C=O) groups is 1. The zero-order chi connectivity index (χ0) is 16.6. The van der Waals surface area contributed by atoms with Crippen LogP contribution in [0.15, 0.2) is 39.4 Å². The number of carbonyl (C=O) groups excluding carboxylic acids is 1. The zero-order valence-electron chi connectivity index (χ0n) is 12.4. The molecule has 0 saturated carbocycles.